The number of rotatable bonds is 3. The zero-order valence-corrected chi connectivity index (χ0v) is 12.5. The molecule has 0 unspecified atom stereocenters. The van der Waals surface area contributed by atoms with Gasteiger partial charge < -0.3 is 9.84 Å². The SMILES string of the molecule is COc1ccc(C(=O)c2nc3ccc(O)cc3s2)c(Cl)c1. The largest absolute Gasteiger partial charge is 0.508 e. The van der Waals surface area contributed by atoms with Crippen molar-refractivity contribution in [2.75, 3.05) is 7.11 Å². The second-order valence-corrected chi connectivity index (χ2v) is 5.78. The number of ketones is 1. The zero-order valence-electron chi connectivity index (χ0n) is 11.0. The number of carbonyl (C=O) groups excluding carboxylic acids is 1. The van der Waals surface area contributed by atoms with Gasteiger partial charge in [0.1, 0.15) is 11.5 Å². The molecule has 0 saturated carbocycles. The molecular formula is C15H10ClNO3S. The standard InChI is InChI=1S/C15H10ClNO3S/c1-20-9-3-4-10(11(16)7-9)14(19)15-17-12-5-2-8(18)6-13(12)21-15/h2-7,18H,1H3. The number of thiazole rings is 1. The number of aromatic nitrogens is 1. The number of fused-ring (bicyclic) bond motifs is 1. The van der Waals surface area contributed by atoms with E-state index in [9.17, 15) is 9.90 Å². The molecule has 4 nitrogen and oxygen atoms in total. The maximum atomic E-state index is 12.5. The molecule has 0 atom stereocenters. The number of methoxy groups -OCH3 is 1. The van der Waals surface area contributed by atoms with Gasteiger partial charge in [0.25, 0.3) is 0 Å². The van der Waals surface area contributed by atoms with Crippen LogP contribution in [-0.2, 0) is 0 Å². The van der Waals surface area contributed by atoms with Crippen LogP contribution in [0.25, 0.3) is 10.2 Å². The van der Waals surface area contributed by atoms with Gasteiger partial charge in [-0.3, -0.25) is 4.79 Å². The van der Waals surface area contributed by atoms with Crippen molar-refractivity contribution in [3.63, 3.8) is 0 Å². The normalized spacial score (nSPS) is 10.8. The van der Waals surface area contributed by atoms with Gasteiger partial charge in [0.05, 0.1) is 22.3 Å². The molecule has 0 aliphatic heterocycles. The number of hydrogen-bond donors (Lipinski definition) is 1. The van der Waals surface area contributed by atoms with Gasteiger partial charge >= 0.3 is 0 Å². The van der Waals surface area contributed by atoms with Crippen molar-refractivity contribution in [1.29, 1.82) is 0 Å². The molecule has 2 aromatic carbocycles. The number of phenols is 1. The van der Waals surface area contributed by atoms with E-state index in [0.29, 0.717) is 26.9 Å². The number of benzene rings is 2. The van der Waals surface area contributed by atoms with Crippen LogP contribution in [-0.4, -0.2) is 23.0 Å². The third-order valence-corrected chi connectivity index (χ3v) is 4.32. The number of phenolic OH excluding ortho intramolecular Hbond substituents is 1. The van der Waals surface area contributed by atoms with Crippen molar-refractivity contribution >= 4 is 38.9 Å². The summed E-state index contributed by atoms with van der Waals surface area (Å²) >= 11 is 7.34. The van der Waals surface area contributed by atoms with Crippen LogP contribution in [0.5, 0.6) is 11.5 Å². The summed E-state index contributed by atoms with van der Waals surface area (Å²) in [6, 6.07) is 9.68. The summed E-state index contributed by atoms with van der Waals surface area (Å²) in [6.45, 7) is 0. The van der Waals surface area contributed by atoms with Crippen molar-refractivity contribution in [3.05, 3.63) is 52.0 Å². The Morgan fingerprint density at radius 1 is 1.29 bits per heavy atom. The molecule has 0 amide bonds. The number of ether oxygens (including phenoxy) is 1. The molecule has 1 heterocycles. The van der Waals surface area contributed by atoms with E-state index in [2.05, 4.69) is 4.98 Å². The van der Waals surface area contributed by atoms with E-state index in [4.69, 9.17) is 16.3 Å². The summed E-state index contributed by atoms with van der Waals surface area (Å²) in [6.07, 6.45) is 0. The van der Waals surface area contributed by atoms with Gasteiger partial charge in [-0.05, 0) is 36.4 Å². The maximum absolute atomic E-state index is 12.5. The first kappa shape index (κ1) is 13.9. The molecule has 6 heteroatoms. The highest BCUT2D eigenvalue weighted by Crippen LogP contribution is 2.30. The van der Waals surface area contributed by atoms with E-state index in [-0.39, 0.29) is 11.5 Å². The fourth-order valence-electron chi connectivity index (χ4n) is 1.93. The Morgan fingerprint density at radius 3 is 2.81 bits per heavy atom. The lowest BCUT2D eigenvalue weighted by atomic mass is 10.1. The van der Waals surface area contributed by atoms with Crippen LogP contribution in [0.15, 0.2) is 36.4 Å². The van der Waals surface area contributed by atoms with Gasteiger partial charge in [0.2, 0.25) is 5.78 Å². The molecule has 1 N–H and O–H groups in total. The number of hydrogen-bond acceptors (Lipinski definition) is 5. The van der Waals surface area contributed by atoms with Gasteiger partial charge in [0.15, 0.2) is 5.01 Å². The third kappa shape index (κ3) is 2.57. The lowest BCUT2D eigenvalue weighted by Crippen LogP contribution is -2.01. The Labute approximate surface area is 129 Å². The van der Waals surface area contributed by atoms with Crippen LogP contribution in [0.4, 0.5) is 0 Å². The van der Waals surface area contributed by atoms with Crippen molar-refractivity contribution in [2.45, 2.75) is 0 Å². The lowest BCUT2D eigenvalue weighted by molar-refractivity contribution is 0.103. The fourth-order valence-corrected chi connectivity index (χ4v) is 3.14. The van der Waals surface area contributed by atoms with E-state index in [1.54, 1.807) is 30.3 Å². The quantitative estimate of drug-likeness (QED) is 0.744. The van der Waals surface area contributed by atoms with Gasteiger partial charge in [-0.1, -0.05) is 11.6 Å². The Hall–Kier alpha value is -2.11. The topological polar surface area (TPSA) is 59.4 Å². The lowest BCUT2D eigenvalue weighted by Gasteiger charge is -2.04. The molecule has 3 aromatic rings. The molecule has 3 rings (SSSR count). The Bertz CT molecular complexity index is 844. The molecule has 21 heavy (non-hydrogen) atoms. The minimum atomic E-state index is -0.247. The molecule has 106 valence electrons. The van der Waals surface area contributed by atoms with E-state index in [0.717, 1.165) is 4.70 Å². The van der Waals surface area contributed by atoms with Gasteiger partial charge in [-0.2, -0.15) is 0 Å². The first-order valence-corrected chi connectivity index (χ1v) is 7.26. The van der Waals surface area contributed by atoms with Gasteiger partial charge in [-0.25, -0.2) is 4.98 Å². The highest BCUT2D eigenvalue weighted by Gasteiger charge is 2.18. The van der Waals surface area contributed by atoms with Crippen molar-refractivity contribution < 1.29 is 14.6 Å². The highest BCUT2D eigenvalue weighted by molar-refractivity contribution is 7.20. The smallest absolute Gasteiger partial charge is 0.223 e. The minimum Gasteiger partial charge on any atom is -0.508 e. The van der Waals surface area contributed by atoms with E-state index in [1.165, 1.54) is 24.5 Å². The average Bonchev–Trinajstić information content (AvgIpc) is 2.89. The van der Waals surface area contributed by atoms with Crippen LogP contribution >= 0.6 is 22.9 Å². The summed E-state index contributed by atoms with van der Waals surface area (Å²) in [4.78, 5) is 16.8. The molecule has 0 spiro atoms. The van der Waals surface area contributed by atoms with E-state index >= 15 is 0 Å². The molecular weight excluding hydrogens is 310 g/mol. The number of carbonyl (C=O) groups is 1. The predicted octanol–water partition coefficient (Wildman–Crippen LogP) is 3.89. The van der Waals surface area contributed by atoms with Crippen molar-refractivity contribution in [1.82, 2.24) is 4.98 Å². The highest BCUT2D eigenvalue weighted by atomic mass is 35.5. The first-order chi connectivity index (χ1) is 10.1. The second kappa shape index (κ2) is 5.35. The maximum Gasteiger partial charge on any atom is 0.223 e. The molecule has 1 aromatic heterocycles. The monoisotopic (exact) mass is 319 g/mol. The number of halogens is 1. The van der Waals surface area contributed by atoms with Crippen LogP contribution in [0.1, 0.15) is 15.4 Å². The molecule has 0 fully saturated rings. The van der Waals surface area contributed by atoms with Crippen LogP contribution in [0.3, 0.4) is 0 Å². The first-order valence-electron chi connectivity index (χ1n) is 6.06. The number of nitrogens with zero attached hydrogens (tertiary/aromatic N) is 1. The van der Waals surface area contributed by atoms with Crippen LogP contribution in [0, 0.1) is 0 Å². The fraction of sp³-hybridized carbons (Fsp3) is 0.0667. The van der Waals surface area contributed by atoms with E-state index < -0.39 is 0 Å². The van der Waals surface area contributed by atoms with Crippen molar-refractivity contribution in [2.24, 2.45) is 0 Å². The Balaban J connectivity index is 2.03. The van der Waals surface area contributed by atoms with E-state index in [1.807, 2.05) is 0 Å². The predicted molar refractivity (Wildman–Crippen MR) is 82.7 cm³/mol. The summed E-state index contributed by atoms with van der Waals surface area (Å²) in [7, 11) is 1.53. The summed E-state index contributed by atoms with van der Waals surface area (Å²) in [5, 5.41) is 10.1. The molecule has 0 saturated heterocycles. The molecule has 0 aliphatic carbocycles. The van der Waals surface area contributed by atoms with Crippen molar-refractivity contribution in [3.8, 4) is 11.5 Å². The molecule has 0 bridgehead atoms. The minimum absolute atomic E-state index is 0.146. The Kier molecular flexibility index (Phi) is 3.53. The third-order valence-electron chi connectivity index (χ3n) is 2.99. The zero-order chi connectivity index (χ0) is 15.0. The van der Waals surface area contributed by atoms with Gasteiger partial charge in [0, 0.05) is 5.56 Å². The summed E-state index contributed by atoms with van der Waals surface area (Å²) < 4.78 is 5.81. The summed E-state index contributed by atoms with van der Waals surface area (Å²) in [5.74, 6) is 0.488. The van der Waals surface area contributed by atoms with Crippen LogP contribution < -0.4 is 4.74 Å². The Morgan fingerprint density at radius 2 is 2.10 bits per heavy atom. The van der Waals surface area contributed by atoms with Crippen LogP contribution in [0.2, 0.25) is 5.02 Å². The molecule has 0 aliphatic rings. The average molecular weight is 320 g/mol. The number of aromatic hydroxyl groups is 1. The van der Waals surface area contributed by atoms with Gasteiger partial charge in [-0.15, -0.1) is 11.3 Å². The second-order valence-electron chi connectivity index (χ2n) is 4.35. The summed E-state index contributed by atoms with van der Waals surface area (Å²) in [5.41, 5.74) is 1.05. The molecule has 0 radical (unpaired) electrons.